The SMILES string of the molecule is CNC(=O)COc1cccc(NC(C)c2cccs2)c1. The maximum Gasteiger partial charge on any atom is 0.257 e. The molecule has 20 heavy (non-hydrogen) atoms. The van der Waals surface area contributed by atoms with Crippen molar-refractivity contribution in [1.29, 1.82) is 0 Å². The Kier molecular flexibility index (Phi) is 5.01. The van der Waals surface area contributed by atoms with Gasteiger partial charge in [-0.25, -0.2) is 0 Å². The van der Waals surface area contributed by atoms with Crippen LogP contribution in [0, 0.1) is 0 Å². The molecule has 1 heterocycles. The van der Waals surface area contributed by atoms with E-state index in [4.69, 9.17) is 4.74 Å². The van der Waals surface area contributed by atoms with Gasteiger partial charge in [-0.15, -0.1) is 11.3 Å². The van der Waals surface area contributed by atoms with E-state index < -0.39 is 0 Å². The molecule has 1 amide bonds. The molecular weight excluding hydrogens is 272 g/mol. The largest absolute Gasteiger partial charge is 0.484 e. The summed E-state index contributed by atoms with van der Waals surface area (Å²) in [5.74, 6) is 0.535. The number of thiophene rings is 1. The van der Waals surface area contributed by atoms with Gasteiger partial charge in [0.2, 0.25) is 0 Å². The Morgan fingerprint density at radius 2 is 2.20 bits per heavy atom. The molecule has 0 radical (unpaired) electrons. The van der Waals surface area contributed by atoms with Gasteiger partial charge in [0.05, 0.1) is 6.04 Å². The van der Waals surface area contributed by atoms with Gasteiger partial charge in [-0.1, -0.05) is 12.1 Å². The molecule has 1 unspecified atom stereocenters. The lowest BCUT2D eigenvalue weighted by molar-refractivity contribution is -0.122. The number of anilines is 1. The lowest BCUT2D eigenvalue weighted by Gasteiger charge is -2.14. The number of benzene rings is 1. The first kappa shape index (κ1) is 14.4. The van der Waals surface area contributed by atoms with E-state index in [2.05, 4.69) is 29.0 Å². The van der Waals surface area contributed by atoms with Gasteiger partial charge in [-0.2, -0.15) is 0 Å². The van der Waals surface area contributed by atoms with E-state index in [1.807, 2.05) is 30.3 Å². The van der Waals surface area contributed by atoms with Crippen LogP contribution in [0.1, 0.15) is 17.8 Å². The van der Waals surface area contributed by atoms with Crippen molar-refractivity contribution in [2.24, 2.45) is 0 Å². The molecule has 0 saturated carbocycles. The topological polar surface area (TPSA) is 50.4 Å². The summed E-state index contributed by atoms with van der Waals surface area (Å²) in [6, 6.07) is 12.0. The van der Waals surface area contributed by atoms with Crippen molar-refractivity contribution in [2.45, 2.75) is 13.0 Å². The van der Waals surface area contributed by atoms with Gasteiger partial charge in [0.1, 0.15) is 5.75 Å². The first-order valence-corrected chi connectivity index (χ1v) is 7.30. The number of nitrogens with one attached hydrogen (secondary N) is 2. The van der Waals surface area contributed by atoms with Crippen LogP contribution < -0.4 is 15.4 Å². The zero-order valence-corrected chi connectivity index (χ0v) is 12.4. The predicted octanol–water partition coefficient (Wildman–Crippen LogP) is 3.05. The Labute approximate surface area is 122 Å². The molecule has 0 saturated heterocycles. The van der Waals surface area contributed by atoms with Crippen LogP contribution in [0.2, 0.25) is 0 Å². The summed E-state index contributed by atoms with van der Waals surface area (Å²) in [4.78, 5) is 12.4. The second-order valence-corrected chi connectivity index (χ2v) is 5.35. The first-order valence-electron chi connectivity index (χ1n) is 6.42. The zero-order chi connectivity index (χ0) is 14.4. The smallest absolute Gasteiger partial charge is 0.257 e. The van der Waals surface area contributed by atoms with Crippen LogP contribution in [-0.4, -0.2) is 19.6 Å². The molecule has 0 aliphatic carbocycles. The Morgan fingerprint density at radius 3 is 2.90 bits per heavy atom. The molecule has 1 aromatic heterocycles. The number of carbonyl (C=O) groups excluding carboxylic acids is 1. The fourth-order valence-electron chi connectivity index (χ4n) is 1.76. The number of likely N-dealkylation sites (N-methyl/N-ethyl adjacent to an activating group) is 1. The highest BCUT2D eigenvalue weighted by Gasteiger charge is 2.07. The zero-order valence-electron chi connectivity index (χ0n) is 11.6. The van der Waals surface area contributed by atoms with Crippen molar-refractivity contribution >= 4 is 22.9 Å². The summed E-state index contributed by atoms with van der Waals surface area (Å²) >= 11 is 1.72. The molecule has 0 bridgehead atoms. The van der Waals surface area contributed by atoms with Crippen molar-refractivity contribution in [1.82, 2.24) is 5.32 Å². The number of hydrogen-bond donors (Lipinski definition) is 2. The Bertz CT molecular complexity index is 555. The minimum Gasteiger partial charge on any atom is -0.484 e. The molecule has 2 rings (SSSR count). The second-order valence-electron chi connectivity index (χ2n) is 4.37. The highest BCUT2D eigenvalue weighted by molar-refractivity contribution is 7.10. The number of amides is 1. The lowest BCUT2D eigenvalue weighted by atomic mass is 10.2. The summed E-state index contributed by atoms with van der Waals surface area (Å²) in [5, 5.41) is 8.00. The van der Waals surface area contributed by atoms with Crippen molar-refractivity contribution in [3.8, 4) is 5.75 Å². The van der Waals surface area contributed by atoms with Crippen LogP contribution in [0.4, 0.5) is 5.69 Å². The molecule has 5 heteroatoms. The first-order chi connectivity index (χ1) is 9.69. The molecule has 106 valence electrons. The van der Waals surface area contributed by atoms with Gasteiger partial charge in [0.15, 0.2) is 6.61 Å². The van der Waals surface area contributed by atoms with Crippen molar-refractivity contribution in [3.63, 3.8) is 0 Å². The molecule has 0 aliphatic rings. The van der Waals surface area contributed by atoms with Crippen LogP contribution in [0.5, 0.6) is 5.75 Å². The van der Waals surface area contributed by atoms with Crippen LogP contribution in [-0.2, 0) is 4.79 Å². The van der Waals surface area contributed by atoms with Gasteiger partial charge in [-0.3, -0.25) is 4.79 Å². The minimum absolute atomic E-state index is 0.0282. The molecule has 0 spiro atoms. The highest BCUT2D eigenvalue weighted by atomic mass is 32.1. The minimum atomic E-state index is -0.143. The maximum absolute atomic E-state index is 11.2. The molecule has 1 atom stereocenters. The van der Waals surface area contributed by atoms with Crippen LogP contribution in [0.25, 0.3) is 0 Å². The average molecular weight is 290 g/mol. The summed E-state index contributed by atoms with van der Waals surface area (Å²) in [5.41, 5.74) is 0.973. The van der Waals surface area contributed by atoms with Crippen LogP contribution >= 0.6 is 11.3 Å². The monoisotopic (exact) mass is 290 g/mol. The maximum atomic E-state index is 11.2. The fourth-order valence-corrected chi connectivity index (χ4v) is 2.49. The van der Waals surface area contributed by atoms with Crippen LogP contribution in [0.15, 0.2) is 41.8 Å². The highest BCUT2D eigenvalue weighted by Crippen LogP contribution is 2.25. The van der Waals surface area contributed by atoms with E-state index >= 15 is 0 Å². The molecule has 1 aromatic carbocycles. The quantitative estimate of drug-likeness (QED) is 0.859. The fraction of sp³-hybridized carbons (Fsp3) is 0.267. The molecule has 0 fully saturated rings. The third kappa shape index (κ3) is 3.99. The second kappa shape index (κ2) is 6.96. The molecule has 4 nitrogen and oxygen atoms in total. The van der Waals surface area contributed by atoms with Gasteiger partial charge in [0.25, 0.3) is 5.91 Å². The van der Waals surface area contributed by atoms with E-state index in [0.717, 1.165) is 5.69 Å². The van der Waals surface area contributed by atoms with Crippen molar-refractivity contribution < 1.29 is 9.53 Å². The number of hydrogen-bond acceptors (Lipinski definition) is 4. The predicted molar refractivity (Wildman–Crippen MR) is 82.4 cm³/mol. The third-order valence-corrected chi connectivity index (χ3v) is 3.89. The molecule has 0 aliphatic heterocycles. The molecule has 2 N–H and O–H groups in total. The van der Waals surface area contributed by atoms with Gasteiger partial charge < -0.3 is 15.4 Å². The summed E-state index contributed by atoms with van der Waals surface area (Å²) in [6.07, 6.45) is 0. The van der Waals surface area contributed by atoms with E-state index in [-0.39, 0.29) is 18.6 Å². The number of rotatable bonds is 6. The van der Waals surface area contributed by atoms with E-state index in [1.54, 1.807) is 18.4 Å². The normalized spacial score (nSPS) is 11.7. The lowest BCUT2D eigenvalue weighted by Crippen LogP contribution is -2.24. The summed E-state index contributed by atoms with van der Waals surface area (Å²) in [6.45, 7) is 2.14. The summed E-state index contributed by atoms with van der Waals surface area (Å²) in [7, 11) is 1.59. The summed E-state index contributed by atoms with van der Waals surface area (Å²) < 4.78 is 5.42. The van der Waals surface area contributed by atoms with Gasteiger partial charge in [-0.05, 0) is 30.5 Å². The Balaban J connectivity index is 1.97. The molecular formula is C15H18N2O2S. The van der Waals surface area contributed by atoms with Crippen molar-refractivity contribution in [2.75, 3.05) is 19.0 Å². The Hall–Kier alpha value is -2.01. The number of ether oxygens (including phenoxy) is 1. The van der Waals surface area contributed by atoms with E-state index in [1.165, 1.54) is 4.88 Å². The Morgan fingerprint density at radius 1 is 1.35 bits per heavy atom. The van der Waals surface area contributed by atoms with E-state index in [0.29, 0.717) is 5.75 Å². The van der Waals surface area contributed by atoms with Gasteiger partial charge in [0, 0.05) is 23.7 Å². The number of carbonyl (C=O) groups is 1. The third-order valence-electron chi connectivity index (χ3n) is 2.84. The van der Waals surface area contributed by atoms with Gasteiger partial charge >= 0.3 is 0 Å². The average Bonchev–Trinajstić information content (AvgIpc) is 2.99. The van der Waals surface area contributed by atoms with E-state index in [9.17, 15) is 4.79 Å². The molecule has 2 aromatic rings. The van der Waals surface area contributed by atoms with Crippen molar-refractivity contribution in [3.05, 3.63) is 46.7 Å². The van der Waals surface area contributed by atoms with Crippen LogP contribution in [0.3, 0.4) is 0 Å². The standard InChI is InChI=1S/C15H18N2O2S/c1-11(14-7-4-8-20-14)17-12-5-3-6-13(9-12)19-10-15(18)16-2/h3-9,11,17H,10H2,1-2H3,(H,16,18).